The van der Waals surface area contributed by atoms with Gasteiger partial charge in [-0.2, -0.15) is 0 Å². The van der Waals surface area contributed by atoms with Crippen LogP contribution in [0.3, 0.4) is 0 Å². The van der Waals surface area contributed by atoms with E-state index in [4.69, 9.17) is 4.42 Å². The number of likely N-dealkylation sites (N-methyl/N-ethyl adjacent to an activating group) is 1. The first-order valence-electron chi connectivity index (χ1n) is 5.65. The highest BCUT2D eigenvalue weighted by Crippen LogP contribution is 2.19. The lowest BCUT2D eigenvalue weighted by Crippen LogP contribution is -2.28. The molecule has 0 aromatic carbocycles. The third kappa shape index (κ3) is 3.70. The van der Waals surface area contributed by atoms with Crippen LogP contribution in [0.2, 0.25) is 0 Å². The number of hydrogen-bond donors (Lipinski definition) is 2. The first-order valence-corrected chi connectivity index (χ1v) is 5.65. The van der Waals surface area contributed by atoms with Crippen molar-refractivity contribution in [2.24, 2.45) is 0 Å². The van der Waals surface area contributed by atoms with E-state index in [1.165, 1.54) is 17.7 Å². The van der Waals surface area contributed by atoms with Crippen molar-refractivity contribution in [1.82, 2.24) is 20.4 Å². The molecule has 94 valence electrons. The fourth-order valence-corrected chi connectivity index (χ4v) is 1.22. The molecule has 0 atom stereocenters. The largest absolute Gasteiger partial charge is 0.407 e. The van der Waals surface area contributed by atoms with E-state index in [1.54, 1.807) is 14.1 Å². The minimum absolute atomic E-state index is 0.0409. The average Bonchev–Trinajstić information content (AvgIpc) is 3.02. The zero-order valence-electron chi connectivity index (χ0n) is 10.1. The molecule has 1 saturated carbocycles. The zero-order chi connectivity index (χ0) is 12.3. The third-order valence-corrected chi connectivity index (χ3v) is 2.48. The van der Waals surface area contributed by atoms with E-state index >= 15 is 0 Å². The quantitative estimate of drug-likeness (QED) is 0.716. The number of hydrogen-bond acceptors (Lipinski definition) is 6. The molecule has 2 N–H and O–H groups in total. The topological polar surface area (TPSA) is 83.3 Å². The van der Waals surface area contributed by atoms with Crippen LogP contribution in [0.4, 0.5) is 6.01 Å². The standard InChI is InChI=1S/C10H17N5O2/c1-15(2)9(16)6-12-10-14-13-8(17-10)5-11-7-3-4-7/h7,11H,3-6H2,1-2H3,(H,12,14). The summed E-state index contributed by atoms with van der Waals surface area (Å²) in [5.74, 6) is 0.498. The SMILES string of the molecule is CN(C)C(=O)CNc1nnc(CNC2CC2)o1. The van der Waals surface area contributed by atoms with Crippen LogP contribution in [-0.4, -0.2) is 47.7 Å². The second-order valence-electron chi connectivity index (χ2n) is 4.30. The van der Waals surface area contributed by atoms with Crippen molar-refractivity contribution in [3.8, 4) is 0 Å². The van der Waals surface area contributed by atoms with Crippen molar-refractivity contribution in [2.75, 3.05) is 26.0 Å². The number of carbonyl (C=O) groups excluding carboxylic acids is 1. The average molecular weight is 239 g/mol. The Morgan fingerprint density at radius 3 is 2.88 bits per heavy atom. The van der Waals surface area contributed by atoms with Gasteiger partial charge in [-0.15, -0.1) is 5.10 Å². The van der Waals surface area contributed by atoms with Gasteiger partial charge in [-0.25, -0.2) is 0 Å². The number of nitrogens with one attached hydrogen (secondary N) is 2. The summed E-state index contributed by atoms with van der Waals surface area (Å²) in [7, 11) is 3.39. The van der Waals surface area contributed by atoms with Crippen molar-refractivity contribution in [1.29, 1.82) is 0 Å². The summed E-state index contributed by atoms with van der Waals surface area (Å²) in [6, 6.07) is 0.890. The molecular weight excluding hydrogens is 222 g/mol. The lowest BCUT2D eigenvalue weighted by molar-refractivity contribution is -0.126. The molecule has 7 nitrogen and oxygen atoms in total. The Balaban J connectivity index is 1.74. The highest BCUT2D eigenvalue weighted by molar-refractivity contribution is 5.79. The summed E-state index contributed by atoms with van der Waals surface area (Å²) in [5.41, 5.74) is 0. The number of carbonyl (C=O) groups is 1. The Morgan fingerprint density at radius 1 is 1.47 bits per heavy atom. The number of rotatable bonds is 6. The van der Waals surface area contributed by atoms with Crippen LogP contribution in [0.25, 0.3) is 0 Å². The maximum atomic E-state index is 11.3. The molecule has 7 heteroatoms. The van der Waals surface area contributed by atoms with Crippen molar-refractivity contribution in [2.45, 2.75) is 25.4 Å². The molecule has 0 unspecified atom stereocenters. The monoisotopic (exact) mass is 239 g/mol. The van der Waals surface area contributed by atoms with Gasteiger partial charge in [-0.1, -0.05) is 5.10 Å². The molecule has 0 spiro atoms. The molecule has 17 heavy (non-hydrogen) atoms. The number of anilines is 1. The van der Waals surface area contributed by atoms with E-state index in [1.807, 2.05) is 0 Å². The van der Waals surface area contributed by atoms with Gasteiger partial charge in [0.2, 0.25) is 11.8 Å². The van der Waals surface area contributed by atoms with Crippen molar-refractivity contribution in [3.05, 3.63) is 5.89 Å². The summed E-state index contributed by atoms with van der Waals surface area (Å²) in [6.45, 7) is 0.742. The van der Waals surface area contributed by atoms with Crippen molar-refractivity contribution in [3.63, 3.8) is 0 Å². The van der Waals surface area contributed by atoms with Crippen LogP contribution in [0.1, 0.15) is 18.7 Å². The Morgan fingerprint density at radius 2 is 2.24 bits per heavy atom. The van der Waals surface area contributed by atoms with Crippen molar-refractivity contribution >= 4 is 11.9 Å². The molecule has 1 aromatic heterocycles. The van der Waals surface area contributed by atoms with Gasteiger partial charge < -0.3 is 20.0 Å². The molecule has 1 aliphatic carbocycles. The number of aromatic nitrogens is 2. The minimum atomic E-state index is -0.0409. The van der Waals surface area contributed by atoms with Gasteiger partial charge in [0.15, 0.2) is 0 Å². The molecule has 0 saturated heterocycles. The molecule has 1 aliphatic rings. The first kappa shape index (κ1) is 11.8. The smallest absolute Gasteiger partial charge is 0.315 e. The molecule has 1 aromatic rings. The molecule has 1 amide bonds. The van der Waals surface area contributed by atoms with Gasteiger partial charge in [0, 0.05) is 20.1 Å². The van der Waals surface area contributed by atoms with E-state index in [9.17, 15) is 4.79 Å². The summed E-state index contributed by atoms with van der Waals surface area (Å²) >= 11 is 0. The number of amides is 1. The minimum Gasteiger partial charge on any atom is -0.407 e. The van der Waals surface area contributed by atoms with Crippen LogP contribution in [0.15, 0.2) is 4.42 Å². The Labute approximate surface area is 99.6 Å². The Kier molecular flexibility index (Phi) is 3.58. The van der Waals surface area contributed by atoms with E-state index < -0.39 is 0 Å². The predicted octanol–water partition coefficient (Wildman–Crippen LogP) is -0.178. The van der Waals surface area contributed by atoms with Crippen LogP contribution in [0.5, 0.6) is 0 Å². The highest BCUT2D eigenvalue weighted by atomic mass is 16.4. The summed E-state index contributed by atoms with van der Waals surface area (Å²) in [6.07, 6.45) is 2.44. The zero-order valence-corrected chi connectivity index (χ0v) is 10.1. The Hall–Kier alpha value is -1.63. The second kappa shape index (κ2) is 5.13. The van der Waals surface area contributed by atoms with Crippen LogP contribution >= 0.6 is 0 Å². The maximum Gasteiger partial charge on any atom is 0.315 e. The molecule has 0 aliphatic heterocycles. The predicted molar refractivity (Wildman–Crippen MR) is 61.3 cm³/mol. The maximum absolute atomic E-state index is 11.3. The van der Waals surface area contributed by atoms with E-state index in [0.717, 1.165) is 0 Å². The van der Waals surface area contributed by atoms with Crippen LogP contribution in [0, 0.1) is 0 Å². The molecule has 1 fully saturated rings. The normalized spacial score (nSPS) is 14.7. The first-order chi connectivity index (χ1) is 8.15. The van der Waals surface area contributed by atoms with Crippen LogP contribution in [-0.2, 0) is 11.3 Å². The van der Waals surface area contributed by atoms with Gasteiger partial charge in [0.1, 0.15) is 0 Å². The molecule has 2 rings (SSSR count). The lowest BCUT2D eigenvalue weighted by atomic mass is 10.5. The molecule has 0 bridgehead atoms. The van der Waals surface area contributed by atoms with E-state index in [-0.39, 0.29) is 18.5 Å². The van der Waals surface area contributed by atoms with Gasteiger partial charge in [0.25, 0.3) is 0 Å². The lowest BCUT2D eigenvalue weighted by Gasteiger charge is -2.09. The molecule has 0 radical (unpaired) electrons. The van der Waals surface area contributed by atoms with Crippen LogP contribution < -0.4 is 10.6 Å². The Bertz CT molecular complexity index is 386. The van der Waals surface area contributed by atoms with Gasteiger partial charge >= 0.3 is 6.01 Å². The third-order valence-electron chi connectivity index (χ3n) is 2.48. The van der Waals surface area contributed by atoms with Crippen molar-refractivity contribution < 1.29 is 9.21 Å². The fourth-order valence-electron chi connectivity index (χ4n) is 1.22. The van der Waals surface area contributed by atoms with E-state index in [2.05, 4.69) is 20.8 Å². The van der Waals surface area contributed by atoms with E-state index in [0.29, 0.717) is 18.5 Å². The van der Waals surface area contributed by atoms with Gasteiger partial charge in [-0.3, -0.25) is 4.79 Å². The fraction of sp³-hybridized carbons (Fsp3) is 0.700. The second-order valence-corrected chi connectivity index (χ2v) is 4.30. The van der Waals surface area contributed by atoms with Gasteiger partial charge in [-0.05, 0) is 12.8 Å². The number of nitrogens with zero attached hydrogens (tertiary/aromatic N) is 3. The molecule has 1 heterocycles. The molecular formula is C10H17N5O2. The highest BCUT2D eigenvalue weighted by Gasteiger charge is 2.21. The summed E-state index contributed by atoms with van der Waals surface area (Å²) < 4.78 is 5.33. The summed E-state index contributed by atoms with van der Waals surface area (Å²) in [4.78, 5) is 12.8. The van der Waals surface area contributed by atoms with Gasteiger partial charge in [0.05, 0.1) is 13.1 Å². The summed E-state index contributed by atoms with van der Waals surface area (Å²) in [5, 5.41) is 13.7.